The van der Waals surface area contributed by atoms with Gasteiger partial charge in [-0.2, -0.15) is 0 Å². The van der Waals surface area contributed by atoms with E-state index in [9.17, 15) is 19.2 Å². The van der Waals surface area contributed by atoms with Crippen LogP contribution in [0.25, 0.3) is 0 Å². The Morgan fingerprint density at radius 2 is 1.68 bits per heavy atom. The van der Waals surface area contributed by atoms with E-state index < -0.39 is 29.8 Å². The van der Waals surface area contributed by atoms with E-state index in [1.165, 1.54) is 6.42 Å². The number of nitrogens with two attached hydrogens (primary N) is 1. The van der Waals surface area contributed by atoms with E-state index in [0.717, 1.165) is 57.8 Å². The third kappa shape index (κ3) is 6.58. The molecule has 3 amide bonds. The van der Waals surface area contributed by atoms with Crippen LogP contribution in [-0.2, 0) is 19.2 Å². The minimum atomic E-state index is -0.872. The predicted octanol–water partition coefficient (Wildman–Crippen LogP) is 2.29. The largest absolute Gasteiger partial charge is 0.347 e. The first kappa shape index (κ1) is 26.6. The van der Waals surface area contributed by atoms with Crippen molar-refractivity contribution in [3.05, 3.63) is 0 Å². The standard InChI is InChI=1S/C26H44N4O4/c1-4-5-11-20(23(31)25(33)28-18-12-13-18)29-24(32)22-19(16(2)3)14-15-30(22)26(34)21(27)17-9-7-6-8-10-17/h16-22H,4-15,27H2,1-3H3,(H,28,33)(H,29,32)/t19-,20?,21+,22+/m1/s1. The molecule has 3 rings (SSSR count). The Kier molecular flexibility index (Phi) is 9.51. The molecule has 0 spiro atoms. The van der Waals surface area contributed by atoms with Crippen molar-refractivity contribution in [2.45, 2.75) is 116 Å². The number of nitrogens with zero attached hydrogens (tertiary/aromatic N) is 1. The third-order valence-electron chi connectivity index (χ3n) is 7.91. The number of hydrogen-bond acceptors (Lipinski definition) is 5. The van der Waals surface area contributed by atoms with E-state index >= 15 is 0 Å². The van der Waals surface area contributed by atoms with Gasteiger partial charge in [-0.3, -0.25) is 19.2 Å². The first-order valence-electron chi connectivity index (χ1n) is 13.5. The number of amides is 3. The van der Waals surface area contributed by atoms with Crippen molar-refractivity contribution in [1.29, 1.82) is 0 Å². The fourth-order valence-electron chi connectivity index (χ4n) is 5.56. The molecule has 3 aliphatic rings. The number of rotatable bonds is 11. The molecule has 0 aromatic carbocycles. The van der Waals surface area contributed by atoms with Gasteiger partial charge in [0.1, 0.15) is 6.04 Å². The third-order valence-corrected chi connectivity index (χ3v) is 7.91. The molecule has 0 aromatic heterocycles. The zero-order chi connectivity index (χ0) is 24.8. The predicted molar refractivity (Wildman–Crippen MR) is 131 cm³/mol. The fourth-order valence-corrected chi connectivity index (χ4v) is 5.56. The topological polar surface area (TPSA) is 122 Å². The van der Waals surface area contributed by atoms with Gasteiger partial charge in [-0.25, -0.2) is 0 Å². The number of carbonyl (C=O) groups is 4. The van der Waals surface area contributed by atoms with Crippen molar-refractivity contribution in [2.24, 2.45) is 23.5 Å². The summed E-state index contributed by atoms with van der Waals surface area (Å²) < 4.78 is 0. The smallest absolute Gasteiger partial charge is 0.289 e. The van der Waals surface area contributed by atoms with Crippen LogP contribution in [-0.4, -0.2) is 59.1 Å². The quantitative estimate of drug-likeness (QED) is 0.395. The SMILES string of the molecule is CCCCC(NC(=O)[C@@H]1[C@@H](C(C)C)CCN1C(=O)[C@@H](N)C1CCCCC1)C(=O)C(=O)NC1CC1. The van der Waals surface area contributed by atoms with Crippen molar-refractivity contribution in [3.63, 3.8) is 0 Å². The van der Waals surface area contributed by atoms with Gasteiger partial charge in [0.15, 0.2) is 0 Å². The molecule has 0 aromatic rings. The zero-order valence-electron chi connectivity index (χ0n) is 21.2. The summed E-state index contributed by atoms with van der Waals surface area (Å²) >= 11 is 0. The number of unbranched alkanes of at least 4 members (excludes halogenated alkanes) is 1. The molecule has 4 atom stereocenters. The molecule has 8 heteroatoms. The molecule has 192 valence electrons. The second-order valence-corrected chi connectivity index (χ2v) is 10.9. The Balaban J connectivity index is 1.73. The molecule has 1 saturated heterocycles. The first-order chi connectivity index (χ1) is 16.2. The number of carbonyl (C=O) groups excluding carboxylic acids is 4. The van der Waals surface area contributed by atoms with Crippen LogP contribution in [0.15, 0.2) is 0 Å². The highest BCUT2D eigenvalue weighted by Crippen LogP contribution is 2.33. The molecule has 0 radical (unpaired) electrons. The summed E-state index contributed by atoms with van der Waals surface area (Å²) in [4.78, 5) is 54.0. The number of nitrogens with one attached hydrogen (secondary N) is 2. The minimum absolute atomic E-state index is 0.00952. The highest BCUT2D eigenvalue weighted by Gasteiger charge is 2.46. The van der Waals surface area contributed by atoms with Crippen molar-refractivity contribution >= 4 is 23.5 Å². The normalized spacial score (nSPS) is 25.1. The zero-order valence-corrected chi connectivity index (χ0v) is 21.2. The van der Waals surface area contributed by atoms with E-state index in [1.54, 1.807) is 4.90 Å². The van der Waals surface area contributed by atoms with Gasteiger partial charge in [-0.1, -0.05) is 52.9 Å². The van der Waals surface area contributed by atoms with Crippen LogP contribution in [0.3, 0.4) is 0 Å². The molecule has 8 nitrogen and oxygen atoms in total. The Hall–Kier alpha value is -1.96. The van der Waals surface area contributed by atoms with Gasteiger partial charge in [-0.05, 0) is 56.3 Å². The van der Waals surface area contributed by atoms with Gasteiger partial charge in [0, 0.05) is 12.6 Å². The van der Waals surface area contributed by atoms with Gasteiger partial charge in [-0.15, -0.1) is 0 Å². The van der Waals surface area contributed by atoms with Gasteiger partial charge in [0.05, 0.1) is 12.1 Å². The number of hydrogen-bond donors (Lipinski definition) is 3. The first-order valence-corrected chi connectivity index (χ1v) is 13.5. The van der Waals surface area contributed by atoms with E-state index in [0.29, 0.717) is 13.0 Å². The maximum absolute atomic E-state index is 13.6. The molecule has 0 bridgehead atoms. The van der Waals surface area contributed by atoms with Gasteiger partial charge >= 0.3 is 0 Å². The second-order valence-electron chi connectivity index (χ2n) is 10.9. The van der Waals surface area contributed by atoms with E-state index in [-0.39, 0.29) is 35.6 Å². The minimum Gasteiger partial charge on any atom is -0.347 e. The van der Waals surface area contributed by atoms with Crippen molar-refractivity contribution in [2.75, 3.05) is 6.54 Å². The summed E-state index contributed by atoms with van der Waals surface area (Å²) in [5.74, 6) is -1.36. The molecule has 3 fully saturated rings. The second kappa shape index (κ2) is 12.1. The summed E-state index contributed by atoms with van der Waals surface area (Å²) in [5, 5.41) is 5.61. The molecular formula is C26H44N4O4. The number of likely N-dealkylation sites (tertiary alicyclic amines) is 1. The number of ketones is 1. The lowest BCUT2D eigenvalue weighted by atomic mass is 9.83. The molecule has 1 aliphatic heterocycles. The number of Topliss-reactive ketones (excluding diaryl/α,β-unsaturated/α-hetero) is 1. The van der Waals surface area contributed by atoms with E-state index in [1.807, 2.05) is 6.92 Å². The highest BCUT2D eigenvalue weighted by atomic mass is 16.2. The van der Waals surface area contributed by atoms with Crippen LogP contribution in [0, 0.1) is 17.8 Å². The molecule has 1 unspecified atom stereocenters. The van der Waals surface area contributed by atoms with Crippen LogP contribution in [0.4, 0.5) is 0 Å². The van der Waals surface area contributed by atoms with Crippen LogP contribution in [0.5, 0.6) is 0 Å². The maximum atomic E-state index is 13.6. The summed E-state index contributed by atoms with van der Waals surface area (Å²) in [6.45, 7) is 6.62. The molecule has 2 saturated carbocycles. The Morgan fingerprint density at radius 1 is 1.00 bits per heavy atom. The van der Waals surface area contributed by atoms with Crippen molar-refractivity contribution < 1.29 is 19.2 Å². The molecule has 34 heavy (non-hydrogen) atoms. The molecule has 4 N–H and O–H groups in total. The lowest BCUT2D eigenvalue weighted by Gasteiger charge is -2.34. The summed E-state index contributed by atoms with van der Waals surface area (Å²) in [7, 11) is 0. The average molecular weight is 477 g/mol. The summed E-state index contributed by atoms with van der Waals surface area (Å²) in [5.41, 5.74) is 6.43. The summed E-state index contributed by atoms with van der Waals surface area (Å²) in [6, 6.07) is -2.05. The molecule has 2 aliphatic carbocycles. The van der Waals surface area contributed by atoms with Gasteiger partial charge in [0.25, 0.3) is 5.91 Å². The summed E-state index contributed by atoms with van der Waals surface area (Å²) in [6.07, 6.45) is 9.77. The lowest BCUT2D eigenvalue weighted by Crippen LogP contribution is -2.58. The van der Waals surface area contributed by atoms with Crippen molar-refractivity contribution in [1.82, 2.24) is 15.5 Å². The highest BCUT2D eigenvalue weighted by molar-refractivity contribution is 6.38. The van der Waals surface area contributed by atoms with Gasteiger partial charge < -0.3 is 21.3 Å². The van der Waals surface area contributed by atoms with Crippen molar-refractivity contribution in [3.8, 4) is 0 Å². The van der Waals surface area contributed by atoms with E-state index in [2.05, 4.69) is 24.5 Å². The molecule has 1 heterocycles. The van der Waals surface area contributed by atoms with Crippen LogP contribution >= 0.6 is 0 Å². The van der Waals surface area contributed by atoms with E-state index in [4.69, 9.17) is 5.73 Å². The monoisotopic (exact) mass is 476 g/mol. The van der Waals surface area contributed by atoms with Gasteiger partial charge in [0.2, 0.25) is 17.6 Å². The Labute approximate surface area is 204 Å². The molecular weight excluding hydrogens is 432 g/mol. The fraction of sp³-hybridized carbons (Fsp3) is 0.846. The van der Waals surface area contributed by atoms with Crippen LogP contribution in [0.2, 0.25) is 0 Å². The lowest BCUT2D eigenvalue weighted by molar-refractivity contribution is -0.144. The van der Waals surface area contributed by atoms with Crippen LogP contribution in [0.1, 0.15) is 91.4 Å². The Morgan fingerprint density at radius 3 is 2.26 bits per heavy atom. The Bertz CT molecular complexity index is 745. The average Bonchev–Trinajstić information content (AvgIpc) is 3.53. The van der Waals surface area contributed by atoms with Crippen LogP contribution < -0.4 is 16.4 Å². The maximum Gasteiger partial charge on any atom is 0.289 e.